The molecular weight excluding hydrogens is 837 g/mol. The van der Waals surface area contributed by atoms with Gasteiger partial charge >= 0.3 is 0 Å². The molecule has 7 atom stereocenters. The lowest BCUT2D eigenvalue weighted by atomic mass is 10.0. The molecular formula is C40H80N14O8S. The predicted molar refractivity (Wildman–Crippen MR) is 245 cm³/mol. The first-order valence-electron chi connectivity index (χ1n) is 22.4. The summed E-state index contributed by atoms with van der Waals surface area (Å²) in [4.78, 5) is 107. The number of carbonyl (C=O) groups excluding carboxylic acids is 8. The first-order valence-corrected chi connectivity index (χ1v) is 23.0. The minimum atomic E-state index is -1.24. The van der Waals surface area contributed by atoms with Crippen LogP contribution in [0.4, 0.5) is 0 Å². The highest BCUT2D eigenvalue weighted by atomic mass is 32.1. The molecule has 0 aliphatic heterocycles. The number of thiol groups is 1. The van der Waals surface area contributed by atoms with E-state index in [0.29, 0.717) is 116 Å². The zero-order chi connectivity index (χ0) is 47.6. The number of Topliss-reactive ketones (excluding diaryl/α,β-unsaturated/α-hetero) is 1. The van der Waals surface area contributed by atoms with Crippen LogP contribution in [0.25, 0.3) is 0 Å². The van der Waals surface area contributed by atoms with E-state index in [9.17, 15) is 38.4 Å². The number of primary amides is 1. The number of hydrogen-bond acceptors (Lipinski definition) is 16. The number of ketones is 1. The highest BCUT2D eigenvalue weighted by Gasteiger charge is 2.34. The van der Waals surface area contributed by atoms with Gasteiger partial charge in [-0.15, -0.1) is 0 Å². The lowest BCUT2D eigenvalue weighted by Crippen LogP contribution is -2.60. The van der Waals surface area contributed by atoms with Gasteiger partial charge in [-0.05, 0) is 155 Å². The minimum absolute atomic E-state index is 0.0396. The van der Waals surface area contributed by atoms with Crippen molar-refractivity contribution in [1.29, 1.82) is 0 Å². The van der Waals surface area contributed by atoms with E-state index in [0.717, 1.165) is 0 Å². The molecule has 0 unspecified atom stereocenters. The van der Waals surface area contributed by atoms with E-state index >= 15 is 0 Å². The van der Waals surface area contributed by atoms with Crippen LogP contribution in [-0.2, 0) is 38.4 Å². The van der Waals surface area contributed by atoms with Gasteiger partial charge in [0.05, 0.1) is 12.1 Å². The van der Waals surface area contributed by atoms with Crippen molar-refractivity contribution in [3.8, 4) is 0 Å². The molecule has 0 aromatic rings. The number of unbranched alkanes of at least 4 members (excludes halogenated alkanes) is 6. The summed E-state index contributed by atoms with van der Waals surface area (Å²) in [6, 6.07) is -7.97. The summed E-state index contributed by atoms with van der Waals surface area (Å²) in [7, 11) is 0. The predicted octanol–water partition coefficient (Wildman–Crippen LogP) is -4.02. The van der Waals surface area contributed by atoms with Crippen molar-refractivity contribution in [3.63, 3.8) is 0 Å². The topological polar surface area (TPSA) is 417 Å². The summed E-state index contributed by atoms with van der Waals surface area (Å²) in [6.07, 6.45) is 6.63. The van der Waals surface area contributed by atoms with Crippen molar-refractivity contribution in [2.24, 2.45) is 45.9 Å². The fourth-order valence-corrected chi connectivity index (χ4v) is 6.63. The van der Waals surface area contributed by atoms with Crippen LogP contribution in [0.1, 0.15) is 116 Å². The van der Waals surface area contributed by atoms with Gasteiger partial charge in [0.1, 0.15) is 30.2 Å². The molecule has 22 nitrogen and oxygen atoms in total. The SMILES string of the molecule is NCCCC[C@H](NC(=O)[C@H](CCCCN)NC(=O)[C@H](CCCCN)NC(=O)[C@@H](N)CS)C(=O)N[C@@H](CCCCN)C(=O)N[C@@H](CCCCN)C(=O)N[C@@H](CCCCN)C(=O)C(N)=O. The summed E-state index contributed by atoms with van der Waals surface area (Å²) >= 11 is 4.07. The van der Waals surface area contributed by atoms with E-state index in [2.05, 4.69) is 44.5 Å². The van der Waals surface area contributed by atoms with Crippen molar-refractivity contribution in [1.82, 2.24) is 31.9 Å². The average molecular weight is 917 g/mol. The highest BCUT2D eigenvalue weighted by molar-refractivity contribution is 7.80. The second-order valence-electron chi connectivity index (χ2n) is 15.6. The van der Waals surface area contributed by atoms with Crippen LogP contribution in [-0.4, -0.2) is 134 Å². The molecule has 0 aromatic heterocycles. The van der Waals surface area contributed by atoms with Gasteiger partial charge in [-0.25, -0.2) is 0 Å². The molecule has 0 saturated carbocycles. The van der Waals surface area contributed by atoms with Crippen LogP contribution >= 0.6 is 12.6 Å². The smallest absolute Gasteiger partial charge is 0.287 e. The summed E-state index contributed by atoms with van der Waals surface area (Å²) in [5.41, 5.74) is 45.2. The Bertz CT molecular complexity index is 1380. The molecule has 0 fully saturated rings. The van der Waals surface area contributed by atoms with Gasteiger partial charge in [0.2, 0.25) is 41.2 Å². The largest absolute Gasteiger partial charge is 0.363 e. The molecule has 0 saturated heterocycles. The number of nitrogens with one attached hydrogen (secondary N) is 6. The second-order valence-corrected chi connectivity index (χ2v) is 16.0. The standard InChI is InChI=1S/C40H80N14O8S/c41-19-7-1-13-27(33(55)34(48)56)49-36(58)29(15-3-9-21-43)51-38(60)31(17-5-11-23-45)53-40(62)32(18-6-12-24-46)54-39(61)30(16-4-10-22-44)52-37(59)28(14-2-8-20-42)50-35(57)26(47)25-63/h26-32,63H,1-25,41-47H2,(H2,48,56)(H,49,58)(H,50,57)(H,51,60)(H,52,59)(H,53,62)(H,54,61)/t26-,27-,28-,29-,30-,31-,32-/m0/s1. The number of amides is 7. The first-order chi connectivity index (χ1) is 30.1. The van der Waals surface area contributed by atoms with Crippen molar-refractivity contribution >= 4 is 59.8 Å². The maximum atomic E-state index is 14.1. The molecule has 0 bridgehead atoms. The molecule has 7 amide bonds. The quantitative estimate of drug-likeness (QED) is 0.0159. The monoisotopic (exact) mass is 917 g/mol. The molecule has 23 heteroatoms. The third kappa shape index (κ3) is 25.8. The van der Waals surface area contributed by atoms with Crippen LogP contribution in [0, 0.1) is 0 Å². The number of rotatable bonds is 39. The van der Waals surface area contributed by atoms with E-state index in [1.807, 2.05) is 0 Å². The van der Waals surface area contributed by atoms with Gasteiger partial charge in [0.15, 0.2) is 0 Å². The Balaban J connectivity index is 6.58. The zero-order valence-corrected chi connectivity index (χ0v) is 37.9. The molecule has 63 heavy (non-hydrogen) atoms. The van der Waals surface area contributed by atoms with Crippen molar-refractivity contribution in [3.05, 3.63) is 0 Å². The average Bonchev–Trinajstić information content (AvgIpc) is 3.26. The van der Waals surface area contributed by atoms with Crippen LogP contribution in [0.3, 0.4) is 0 Å². The Morgan fingerprint density at radius 1 is 0.349 bits per heavy atom. The number of carbonyl (C=O) groups is 8. The Kier molecular flexibility index (Phi) is 34.1. The molecule has 0 aliphatic rings. The second kappa shape index (κ2) is 36.4. The molecule has 22 N–H and O–H groups in total. The minimum Gasteiger partial charge on any atom is -0.363 e. The third-order valence-corrected chi connectivity index (χ3v) is 10.6. The molecule has 364 valence electrons. The van der Waals surface area contributed by atoms with Crippen LogP contribution in [0.15, 0.2) is 0 Å². The maximum Gasteiger partial charge on any atom is 0.287 e. The molecule has 0 radical (unpaired) electrons. The summed E-state index contributed by atoms with van der Waals surface area (Å²) in [6.45, 7) is 1.96. The van der Waals surface area contributed by atoms with Gasteiger partial charge < -0.3 is 77.8 Å². The molecule has 0 aromatic carbocycles. The van der Waals surface area contributed by atoms with Crippen molar-refractivity contribution < 1.29 is 38.4 Å². The Morgan fingerprint density at radius 3 is 0.762 bits per heavy atom. The van der Waals surface area contributed by atoms with Gasteiger partial charge in [-0.3, -0.25) is 38.4 Å². The first kappa shape index (κ1) is 59.0. The normalized spacial score (nSPS) is 14.5. The van der Waals surface area contributed by atoms with Crippen molar-refractivity contribution in [2.75, 3.05) is 45.0 Å². The van der Waals surface area contributed by atoms with Crippen molar-refractivity contribution in [2.45, 2.75) is 158 Å². The zero-order valence-electron chi connectivity index (χ0n) is 37.1. The van der Waals surface area contributed by atoms with Crippen LogP contribution in [0.2, 0.25) is 0 Å². The summed E-state index contributed by atoms with van der Waals surface area (Å²) in [5, 5.41) is 16.2. The van der Waals surface area contributed by atoms with Crippen LogP contribution in [0.5, 0.6) is 0 Å². The maximum absolute atomic E-state index is 14.1. The lowest BCUT2D eigenvalue weighted by Gasteiger charge is -2.28. The molecule has 0 heterocycles. The van der Waals surface area contributed by atoms with E-state index in [4.69, 9.17) is 45.9 Å². The number of hydrogen-bond donors (Lipinski definition) is 15. The Morgan fingerprint density at radius 2 is 0.556 bits per heavy atom. The molecule has 0 aliphatic carbocycles. The van der Waals surface area contributed by atoms with E-state index in [-0.39, 0.29) is 44.3 Å². The summed E-state index contributed by atoms with van der Waals surface area (Å²) in [5.74, 6) is -6.24. The summed E-state index contributed by atoms with van der Waals surface area (Å²) < 4.78 is 0. The van der Waals surface area contributed by atoms with E-state index < -0.39 is 89.4 Å². The van der Waals surface area contributed by atoms with Gasteiger partial charge in [-0.2, -0.15) is 12.6 Å². The Labute approximate surface area is 377 Å². The van der Waals surface area contributed by atoms with E-state index in [1.165, 1.54) is 0 Å². The molecule has 0 spiro atoms. The highest BCUT2D eigenvalue weighted by Crippen LogP contribution is 2.11. The Hall–Kier alpha value is -3.97. The van der Waals surface area contributed by atoms with Gasteiger partial charge in [-0.1, -0.05) is 0 Å². The fraction of sp³-hybridized carbons (Fsp3) is 0.800. The third-order valence-electron chi connectivity index (χ3n) is 10.3. The van der Waals surface area contributed by atoms with Gasteiger partial charge in [0, 0.05) is 5.75 Å². The van der Waals surface area contributed by atoms with Gasteiger partial charge in [0.25, 0.3) is 5.91 Å². The van der Waals surface area contributed by atoms with Crippen LogP contribution < -0.4 is 77.8 Å². The lowest BCUT2D eigenvalue weighted by molar-refractivity contribution is -0.139. The fourth-order valence-electron chi connectivity index (χ4n) is 6.46. The number of nitrogens with two attached hydrogens (primary N) is 8. The van der Waals surface area contributed by atoms with E-state index in [1.54, 1.807) is 0 Å². The molecule has 0 rings (SSSR count).